The van der Waals surface area contributed by atoms with E-state index in [0.717, 1.165) is 11.3 Å². The molecule has 1 aromatic heterocycles. The van der Waals surface area contributed by atoms with Crippen LogP contribution in [0.2, 0.25) is 10.0 Å². The van der Waals surface area contributed by atoms with Crippen LogP contribution in [0.1, 0.15) is 25.9 Å². The first kappa shape index (κ1) is 16.5. The fourth-order valence-corrected chi connectivity index (χ4v) is 3.22. The van der Waals surface area contributed by atoms with E-state index in [2.05, 4.69) is 10.3 Å². The molecule has 2 N–H and O–H groups in total. The molecule has 0 aliphatic rings. The van der Waals surface area contributed by atoms with Crippen molar-refractivity contribution in [2.75, 3.05) is 0 Å². The van der Waals surface area contributed by atoms with Gasteiger partial charge in [-0.05, 0) is 34.7 Å². The number of halogens is 3. The highest BCUT2D eigenvalue weighted by Crippen LogP contribution is 2.26. The molecule has 0 saturated heterocycles. The molecule has 0 fully saturated rings. The number of nitrogens with one attached hydrogen (secondary N) is 1. The Kier molecular flexibility index (Phi) is 5.42. The van der Waals surface area contributed by atoms with Crippen LogP contribution in [-0.4, -0.2) is 22.0 Å². The van der Waals surface area contributed by atoms with Crippen molar-refractivity contribution in [2.45, 2.75) is 6.54 Å². The molecule has 2 aromatic rings. The summed E-state index contributed by atoms with van der Waals surface area (Å²) < 4.78 is 0.599. The van der Waals surface area contributed by atoms with Gasteiger partial charge in [0.2, 0.25) is 0 Å². The van der Waals surface area contributed by atoms with Crippen molar-refractivity contribution < 1.29 is 14.7 Å². The summed E-state index contributed by atoms with van der Waals surface area (Å²) in [5.74, 6) is -1.45. The van der Waals surface area contributed by atoms with Crippen molar-refractivity contribution in [1.82, 2.24) is 10.3 Å². The number of thiazole rings is 1. The molecular formula is C12H7Cl2IN2O3S. The number of amides is 1. The number of carboxylic acid groups (broad SMARTS) is 1. The zero-order valence-corrected chi connectivity index (χ0v) is 14.7. The van der Waals surface area contributed by atoms with Crippen LogP contribution in [0.15, 0.2) is 17.5 Å². The molecule has 1 amide bonds. The quantitative estimate of drug-likeness (QED) is 0.543. The fraction of sp³-hybridized carbons (Fsp3) is 0.0833. The van der Waals surface area contributed by atoms with Crippen LogP contribution in [0.4, 0.5) is 0 Å². The van der Waals surface area contributed by atoms with E-state index in [1.165, 1.54) is 11.4 Å². The topological polar surface area (TPSA) is 79.3 Å². The molecule has 0 saturated carbocycles. The lowest BCUT2D eigenvalue weighted by atomic mass is 10.2. The van der Waals surface area contributed by atoms with E-state index < -0.39 is 5.97 Å². The molecule has 0 radical (unpaired) electrons. The van der Waals surface area contributed by atoms with E-state index in [-0.39, 0.29) is 18.1 Å². The normalized spacial score (nSPS) is 10.4. The third kappa shape index (κ3) is 4.06. The monoisotopic (exact) mass is 456 g/mol. The zero-order valence-electron chi connectivity index (χ0n) is 10.2. The van der Waals surface area contributed by atoms with E-state index in [0.29, 0.717) is 24.2 Å². The maximum atomic E-state index is 12.1. The van der Waals surface area contributed by atoms with Crippen molar-refractivity contribution in [3.8, 4) is 0 Å². The highest BCUT2D eigenvalue weighted by molar-refractivity contribution is 14.1. The van der Waals surface area contributed by atoms with Crippen LogP contribution in [0, 0.1) is 3.57 Å². The molecule has 0 aliphatic carbocycles. The third-order valence-electron chi connectivity index (χ3n) is 2.41. The SMILES string of the molecule is O=C(O)c1csc(CNC(=O)c2cc(Cl)cc(Cl)c2I)n1. The van der Waals surface area contributed by atoms with Gasteiger partial charge >= 0.3 is 5.97 Å². The Morgan fingerprint density at radius 2 is 2.10 bits per heavy atom. The second-order valence-corrected chi connectivity index (χ2v) is 6.73. The number of carbonyl (C=O) groups excluding carboxylic acids is 1. The number of aromatic nitrogens is 1. The van der Waals surface area contributed by atoms with E-state index in [1.807, 2.05) is 22.6 Å². The van der Waals surface area contributed by atoms with Gasteiger partial charge in [0.15, 0.2) is 5.69 Å². The molecule has 2 rings (SSSR count). The summed E-state index contributed by atoms with van der Waals surface area (Å²) in [7, 11) is 0. The number of hydrogen-bond donors (Lipinski definition) is 2. The summed E-state index contributed by atoms with van der Waals surface area (Å²) in [6.07, 6.45) is 0. The minimum Gasteiger partial charge on any atom is -0.476 e. The fourth-order valence-electron chi connectivity index (χ4n) is 1.46. The largest absolute Gasteiger partial charge is 0.476 e. The molecule has 110 valence electrons. The van der Waals surface area contributed by atoms with Gasteiger partial charge in [-0.25, -0.2) is 9.78 Å². The van der Waals surface area contributed by atoms with Crippen LogP contribution in [-0.2, 0) is 6.54 Å². The Balaban J connectivity index is 2.09. The summed E-state index contributed by atoms with van der Waals surface area (Å²) in [6, 6.07) is 3.08. The van der Waals surface area contributed by atoms with Crippen LogP contribution in [0.3, 0.4) is 0 Å². The molecule has 0 spiro atoms. The zero-order chi connectivity index (χ0) is 15.6. The maximum Gasteiger partial charge on any atom is 0.355 e. The Morgan fingerprint density at radius 1 is 1.38 bits per heavy atom. The van der Waals surface area contributed by atoms with Gasteiger partial charge in [0.25, 0.3) is 5.91 Å². The minimum atomic E-state index is -1.10. The number of carbonyl (C=O) groups is 2. The summed E-state index contributed by atoms with van der Waals surface area (Å²) in [4.78, 5) is 26.7. The van der Waals surface area contributed by atoms with Gasteiger partial charge in [-0.1, -0.05) is 23.2 Å². The second-order valence-electron chi connectivity index (χ2n) is 3.86. The summed E-state index contributed by atoms with van der Waals surface area (Å²) >= 11 is 15.0. The average Bonchev–Trinajstić information content (AvgIpc) is 2.89. The number of hydrogen-bond acceptors (Lipinski definition) is 4. The molecule has 1 aromatic carbocycles. The van der Waals surface area contributed by atoms with Crippen molar-refractivity contribution in [3.05, 3.63) is 47.4 Å². The third-order valence-corrected chi connectivity index (χ3v) is 5.25. The Hall–Kier alpha value is -0.900. The number of nitrogens with zero attached hydrogens (tertiary/aromatic N) is 1. The first-order chi connectivity index (χ1) is 9.88. The average molecular weight is 457 g/mol. The van der Waals surface area contributed by atoms with Crippen molar-refractivity contribution in [3.63, 3.8) is 0 Å². The molecule has 0 aliphatic heterocycles. The number of rotatable bonds is 4. The second kappa shape index (κ2) is 6.91. The van der Waals surface area contributed by atoms with Crippen molar-refractivity contribution >= 4 is 69.0 Å². The van der Waals surface area contributed by atoms with E-state index in [9.17, 15) is 9.59 Å². The predicted molar refractivity (Wildman–Crippen MR) is 89.4 cm³/mol. The first-order valence-electron chi connectivity index (χ1n) is 5.49. The predicted octanol–water partition coefficient (Wildman–Crippen LogP) is 3.68. The summed E-state index contributed by atoms with van der Waals surface area (Å²) in [5.41, 5.74) is 0.327. The lowest BCUT2D eigenvalue weighted by Gasteiger charge is -2.07. The number of aromatic carboxylic acids is 1. The van der Waals surface area contributed by atoms with E-state index in [1.54, 1.807) is 6.07 Å². The van der Waals surface area contributed by atoms with Crippen LogP contribution in [0.25, 0.3) is 0 Å². The number of benzene rings is 1. The summed E-state index contributed by atoms with van der Waals surface area (Å²) in [5, 5.41) is 14.1. The summed E-state index contributed by atoms with van der Waals surface area (Å²) in [6.45, 7) is 0.136. The maximum absolute atomic E-state index is 12.1. The van der Waals surface area contributed by atoms with Gasteiger partial charge in [0.1, 0.15) is 5.01 Å². The van der Waals surface area contributed by atoms with Crippen LogP contribution >= 0.6 is 57.1 Å². The minimum absolute atomic E-state index is 0.0374. The van der Waals surface area contributed by atoms with Gasteiger partial charge in [0, 0.05) is 14.0 Å². The Bertz CT molecular complexity index is 721. The van der Waals surface area contributed by atoms with Crippen LogP contribution < -0.4 is 5.32 Å². The lowest BCUT2D eigenvalue weighted by Crippen LogP contribution is -2.23. The van der Waals surface area contributed by atoms with E-state index in [4.69, 9.17) is 28.3 Å². The molecule has 5 nitrogen and oxygen atoms in total. The highest BCUT2D eigenvalue weighted by atomic mass is 127. The van der Waals surface area contributed by atoms with Crippen LogP contribution in [0.5, 0.6) is 0 Å². The standard InChI is InChI=1S/C12H7Cl2IN2O3S/c13-5-1-6(10(15)7(14)2-5)11(18)16-3-9-17-8(4-21-9)12(19)20/h1-2,4H,3H2,(H,16,18)(H,19,20). The van der Waals surface area contributed by atoms with Gasteiger partial charge in [0.05, 0.1) is 17.1 Å². The molecule has 9 heteroatoms. The Morgan fingerprint density at radius 3 is 2.71 bits per heavy atom. The van der Waals surface area contributed by atoms with Crippen molar-refractivity contribution in [2.24, 2.45) is 0 Å². The first-order valence-corrected chi connectivity index (χ1v) is 8.20. The Labute approximate surface area is 147 Å². The molecule has 0 unspecified atom stereocenters. The van der Waals surface area contributed by atoms with E-state index >= 15 is 0 Å². The number of carboxylic acids is 1. The lowest BCUT2D eigenvalue weighted by molar-refractivity contribution is 0.0691. The van der Waals surface area contributed by atoms with Gasteiger partial charge in [-0.2, -0.15) is 0 Å². The molecule has 21 heavy (non-hydrogen) atoms. The molecule has 0 bridgehead atoms. The molecular weight excluding hydrogens is 450 g/mol. The highest BCUT2D eigenvalue weighted by Gasteiger charge is 2.15. The smallest absolute Gasteiger partial charge is 0.355 e. The van der Waals surface area contributed by atoms with Gasteiger partial charge < -0.3 is 10.4 Å². The van der Waals surface area contributed by atoms with Gasteiger partial charge in [-0.3, -0.25) is 4.79 Å². The van der Waals surface area contributed by atoms with Gasteiger partial charge in [-0.15, -0.1) is 11.3 Å². The molecule has 1 heterocycles. The van der Waals surface area contributed by atoms with Crippen molar-refractivity contribution in [1.29, 1.82) is 0 Å². The molecule has 0 atom stereocenters.